The largest absolute Gasteiger partial charge is 0.416 e. The lowest BCUT2D eigenvalue weighted by Crippen LogP contribution is -2.44. The van der Waals surface area contributed by atoms with Crippen LogP contribution in [-0.2, 0) is 6.18 Å². The van der Waals surface area contributed by atoms with Gasteiger partial charge in [0, 0.05) is 21.7 Å². The number of nitrogens with one attached hydrogen (secondary N) is 3. The van der Waals surface area contributed by atoms with Crippen LogP contribution in [0.2, 0.25) is 5.02 Å². The first-order valence-electron chi connectivity index (χ1n) is 9.14. The Morgan fingerprint density at radius 2 is 1.77 bits per heavy atom. The van der Waals surface area contributed by atoms with Crippen molar-refractivity contribution < 1.29 is 18.0 Å². The van der Waals surface area contributed by atoms with Crippen LogP contribution in [0.1, 0.15) is 36.7 Å². The highest BCUT2D eigenvalue weighted by molar-refractivity contribution is 6.30. The van der Waals surface area contributed by atoms with Gasteiger partial charge in [-0.25, -0.2) is 4.99 Å². The molecule has 31 heavy (non-hydrogen) atoms. The average molecular weight is 452 g/mol. The van der Waals surface area contributed by atoms with Crippen LogP contribution in [0.25, 0.3) is 0 Å². The fourth-order valence-corrected chi connectivity index (χ4v) is 2.57. The first kappa shape index (κ1) is 24.0. The van der Waals surface area contributed by atoms with Gasteiger partial charge in [-0.05, 0) is 42.5 Å². The zero-order chi connectivity index (χ0) is 23.2. The van der Waals surface area contributed by atoms with E-state index < -0.39 is 29.2 Å². The third-order valence-electron chi connectivity index (χ3n) is 4.08. The Kier molecular flexibility index (Phi) is 7.52. The van der Waals surface area contributed by atoms with Crippen molar-refractivity contribution in [3.8, 4) is 6.19 Å². The number of alkyl halides is 3. The van der Waals surface area contributed by atoms with Gasteiger partial charge in [-0.1, -0.05) is 38.4 Å². The van der Waals surface area contributed by atoms with Crippen molar-refractivity contribution in [2.45, 2.75) is 33.1 Å². The molecular formula is C21H21ClF3N5O. The van der Waals surface area contributed by atoms with Crippen LogP contribution in [0, 0.1) is 16.9 Å². The Bertz CT molecular complexity index is 992. The molecule has 0 spiro atoms. The smallest absolute Gasteiger partial charge is 0.330 e. The summed E-state index contributed by atoms with van der Waals surface area (Å²) in [6, 6.07) is 10.7. The van der Waals surface area contributed by atoms with Gasteiger partial charge in [0.15, 0.2) is 6.19 Å². The summed E-state index contributed by atoms with van der Waals surface area (Å²) in [7, 11) is 0. The molecule has 0 aliphatic rings. The minimum absolute atomic E-state index is 0.0769. The summed E-state index contributed by atoms with van der Waals surface area (Å²) in [6.07, 6.45) is -3.64. The molecule has 10 heteroatoms. The van der Waals surface area contributed by atoms with Crippen LogP contribution < -0.4 is 16.0 Å². The maximum Gasteiger partial charge on any atom is 0.416 e. The molecule has 0 aliphatic heterocycles. The average Bonchev–Trinajstić information content (AvgIpc) is 2.67. The topological polar surface area (TPSA) is 89.3 Å². The van der Waals surface area contributed by atoms with Crippen molar-refractivity contribution in [2.75, 3.05) is 5.32 Å². The third-order valence-corrected chi connectivity index (χ3v) is 4.33. The van der Waals surface area contributed by atoms with E-state index in [1.807, 2.05) is 20.8 Å². The molecule has 0 aromatic heterocycles. The van der Waals surface area contributed by atoms with Crippen molar-refractivity contribution in [3.05, 3.63) is 64.7 Å². The van der Waals surface area contributed by atoms with Gasteiger partial charge in [0.05, 0.1) is 5.56 Å². The van der Waals surface area contributed by atoms with E-state index in [4.69, 9.17) is 16.9 Å². The van der Waals surface area contributed by atoms with Crippen LogP contribution in [0.15, 0.2) is 53.5 Å². The minimum Gasteiger partial charge on any atom is -0.330 e. The number of amides is 1. The Morgan fingerprint density at radius 1 is 1.13 bits per heavy atom. The minimum atomic E-state index is -4.52. The number of carbonyl (C=O) groups is 1. The summed E-state index contributed by atoms with van der Waals surface area (Å²) >= 11 is 5.84. The van der Waals surface area contributed by atoms with Gasteiger partial charge >= 0.3 is 6.18 Å². The van der Waals surface area contributed by atoms with Crippen molar-refractivity contribution in [3.63, 3.8) is 0 Å². The normalized spacial score (nSPS) is 13.2. The second-order valence-electron chi connectivity index (χ2n) is 7.67. The molecule has 1 amide bonds. The van der Waals surface area contributed by atoms with E-state index in [0.717, 1.165) is 12.1 Å². The van der Waals surface area contributed by atoms with Crippen LogP contribution in [0.3, 0.4) is 0 Å². The molecule has 164 valence electrons. The van der Waals surface area contributed by atoms with E-state index >= 15 is 0 Å². The predicted octanol–water partition coefficient (Wildman–Crippen LogP) is 5.00. The summed E-state index contributed by atoms with van der Waals surface area (Å²) in [6.45, 7) is 5.45. The quantitative estimate of drug-likeness (QED) is 0.264. The van der Waals surface area contributed by atoms with Gasteiger partial charge < -0.3 is 10.6 Å². The highest BCUT2D eigenvalue weighted by Crippen LogP contribution is 2.30. The van der Waals surface area contributed by atoms with E-state index in [0.29, 0.717) is 10.6 Å². The number of nitrogens with zero attached hydrogens (tertiary/aromatic N) is 2. The molecule has 0 heterocycles. The molecular weight excluding hydrogens is 431 g/mol. The summed E-state index contributed by atoms with van der Waals surface area (Å²) in [5.74, 6) is -0.533. The molecule has 0 bridgehead atoms. The predicted molar refractivity (Wildman–Crippen MR) is 113 cm³/mol. The molecule has 0 saturated carbocycles. The van der Waals surface area contributed by atoms with Crippen molar-refractivity contribution >= 4 is 29.2 Å². The number of halogens is 4. The van der Waals surface area contributed by atoms with E-state index in [1.165, 1.54) is 12.1 Å². The number of benzene rings is 2. The maximum atomic E-state index is 13.0. The number of nitriles is 1. The Hall–Kier alpha value is -3.25. The highest BCUT2D eigenvalue weighted by atomic mass is 35.5. The summed E-state index contributed by atoms with van der Waals surface area (Å²) in [5.41, 5.74) is -1.00. The molecule has 0 saturated heterocycles. The molecule has 2 aromatic carbocycles. The summed E-state index contributed by atoms with van der Waals surface area (Å²) < 4.78 is 38.9. The zero-order valence-electron chi connectivity index (χ0n) is 17.0. The molecule has 6 nitrogen and oxygen atoms in total. The maximum absolute atomic E-state index is 13.0. The van der Waals surface area contributed by atoms with E-state index in [-0.39, 0.29) is 11.6 Å². The molecule has 1 atom stereocenters. The first-order valence-corrected chi connectivity index (χ1v) is 9.51. The number of guanidine groups is 1. The summed E-state index contributed by atoms with van der Waals surface area (Å²) in [5, 5.41) is 17.3. The molecule has 2 rings (SSSR count). The lowest BCUT2D eigenvalue weighted by Gasteiger charge is -2.29. The number of anilines is 1. The van der Waals surface area contributed by atoms with Crippen molar-refractivity contribution in [2.24, 2.45) is 10.4 Å². The number of rotatable bonds is 4. The number of aliphatic imine (C=N–C) groups is 1. The Morgan fingerprint density at radius 3 is 2.32 bits per heavy atom. The van der Waals surface area contributed by atoms with Crippen molar-refractivity contribution in [1.82, 2.24) is 10.6 Å². The summed E-state index contributed by atoms with van der Waals surface area (Å²) in [4.78, 5) is 17.0. The molecule has 2 aromatic rings. The molecule has 0 fully saturated rings. The van der Waals surface area contributed by atoms with Crippen molar-refractivity contribution in [1.29, 1.82) is 5.26 Å². The number of hydrogen-bond acceptors (Lipinski definition) is 3. The van der Waals surface area contributed by atoms with Crippen LogP contribution in [0.4, 0.5) is 18.9 Å². The van der Waals surface area contributed by atoms with Gasteiger partial charge in [0.1, 0.15) is 6.17 Å². The SMILES string of the molecule is CC(C)(C)C(/N=C(\NC#N)Nc1cccc(C(F)(F)F)c1)NC(=O)c1ccc(Cl)cc1. The highest BCUT2D eigenvalue weighted by Gasteiger charge is 2.31. The van der Waals surface area contributed by atoms with Crippen LogP contribution >= 0.6 is 11.6 Å². The van der Waals surface area contributed by atoms with Gasteiger partial charge in [0.2, 0.25) is 5.96 Å². The lowest BCUT2D eigenvalue weighted by molar-refractivity contribution is -0.137. The third kappa shape index (κ3) is 7.19. The van der Waals surface area contributed by atoms with Gasteiger partial charge in [-0.2, -0.15) is 18.4 Å². The fraction of sp³-hybridized carbons (Fsp3) is 0.286. The number of carbonyl (C=O) groups excluding carboxylic acids is 1. The van der Waals surface area contributed by atoms with E-state index in [2.05, 4.69) is 20.9 Å². The van der Waals surface area contributed by atoms with Crippen LogP contribution in [-0.4, -0.2) is 18.0 Å². The van der Waals surface area contributed by atoms with E-state index in [9.17, 15) is 18.0 Å². The molecule has 1 unspecified atom stereocenters. The lowest BCUT2D eigenvalue weighted by atomic mass is 9.92. The monoisotopic (exact) mass is 451 g/mol. The molecule has 0 radical (unpaired) electrons. The number of hydrogen-bond donors (Lipinski definition) is 3. The van der Waals surface area contributed by atoms with Gasteiger partial charge in [0.25, 0.3) is 5.91 Å². The molecule has 0 aliphatic carbocycles. The zero-order valence-corrected chi connectivity index (χ0v) is 17.8. The molecule has 3 N–H and O–H groups in total. The Balaban J connectivity index is 2.31. The van der Waals surface area contributed by atoms with Gasteiger partial charge in [-0.15, -0.1) is 0 Å². The standard InChI is InChI=1S/C21H21ClF3N5O/c1-20(2,3)18(29-17(31)13-7-9-15(22)10-8-13)30-19(27-12-26)28-16-6-4-5-14(11-16)21(23,24)25/h4-11,18H,1-3H3,(H,29,31)(H2,27,28,30). The van der Waals surface area contributed by atoms with Gasteiger partial charge in [-0.3, -0.25) is 10.1 Å². The Labute approximate surface area is 183 Å². The van der Waals surface area contributed by atoms with E-state index in [1.54, 1.807) is 30.5 Å². The van der Waals surface area contributed by atoms with Crippen LogP contribution in [0.5, 0.6) is 0 Å². The second kappa shape index (κ2) is 9.71. The second-order valence-corrected chi connectivity index (χ2v) is 8.10. The first-order chi connectivity index (χ1) is 14.4. The fourth-order valence-electron chi connectivity index (χ4n) is 2.44.